The van der Waals surface area contributed by atoms with Gasteiger partial charge in [0.15, 0.2) is 0 Å². The summed E-state index contributed by atoms with van der Waals surface area (Å²) in [5.41, 5.74) is 2.03. The zero-order chi connectivity index (χ0) is 20.3. The molecule has 2 saturated heterocycles. The Morgan fingerprint density at radius 2 is 2.14 bits per heavy atom. The molecule has 1 amide bonds. The van der Waals surface area contributed by atoms with Crippen LogP contribution in [0.3, 0.4) is 0 Å². The molecule has 0 spiro atoms. The maximum Gasteiger partial charge on any atom is 0.290 e. The van der Waals surface area contributed by atoms with E-state index in [9.17, 15) is 9.18 Å². The highest BCUT2D eigenvalue weighted by Gasteiger charge is 2.48. The van der Waals surface area contributed by atoms with E-state index in [1.54, 1.807) is 30.4 Å². The van der Waals surface area contributed by atoms with Gasteiger partial charge in [0.1, 0.15) is 5.82 Å². The number of carbonyl (C=O) groups is 2. The van der Waals surface area contributed by atoms with E-state index in [0.29, 0.717) is 11.8 Å². The normalized spacial score (nSPS) is 23.8. The van der Waals surface area contributed by atoms with Gasteiger partial charge in [0.25, 0.3) is 6.47 Å². The third-order valence-electron chi connectivity index (χ3n) is 5.39. The number of amides is 1. The summed E-state index contributed by atoms with van der Waals surface area (Å²) in [5.74, 6) is 0.630. The molecule has 0 saturated carbocycles. The van der Waals surface area contributed by atoms with Gasteiger partial charge in [0, 0.05) is 44.4 Å². The summed E-state index contributed by atoms with van der Waals surface area (Å²) in [6, 6.07) is 6.69. The highest BCUT2D eigenvalue weighted by atomic mass is 32.1. The van der Waals surface area contributed by atoms with E-state index < -0.39 is 0 Å². The molecule has 1 aromatic heterocycles. The highest BCUT2D eigenvalue weighted by Crippen LogP contribution is 2.45. The molecule has 6 nitrogen and oxygen atoms in total. The van der Waals surface area contributed by atoms with Gasteiger partial charge in [-0.1, -0.05) is 12.1 Å². The molecule has 3 atom stereocenters. The van der Waals surface area contributed by atoms with Crippen molar-refractivity contribution in [1.29, 1.82) is 0 Å². The zero-order valence-corrected chi connectivity index (χ0v) is 16.7. The van der Waals surface area contributed by atoms with Crippen LogP contribution in [-0.2, 0) is 16.1 Å². The number of carbonyl (C=O) groups excluding carboxylic acids is 1. The average Bonchev–Trinajstić information content (AvgIpc) is 3.30. The molecule has 150 valence electrons. The molecule has 4 rings (SSSR count). The molecule has 28 heavy (non-hydrogen) atoms. The SMILES string of the molecule is CC(=O)N1C[C@H]2CN(Cc3csc(C)n3)C[C@H]2[C@@H]1c1cccc(F)c1.O=CO. The number of aromatic nitrogens is 1. The van der Waals surface area contributed by atoms with Crippen LogP contribution in [0.1, 0.15) is 29.2 Å². The molecule has 0 radical (unpaired) electrons. The summed E-state index contributed by atoms with van der Waals surface area (Å²) >= 11 is 1.68. The summed E-state index contributed by atoms with van der Waals surface area (Å²) < 4.78 is 13.7. The van der Waals surface area contributed by atoms with E-state index in [1.165, 1.54) is 6.07 Å². The molecular formula is C20H24FN3O3S. The van der Waals surface area contributed by atoms with Crippen LogP contribution in [0.5, 0.6) is 0 Å². The van der Waals surface area contributed by atoms with Gasteiger partial charge in [0.2, 0.25) is 5.91 Å². The van der Waals surface area contributed by atoms with E-state index in [0.717, 1.165) is 42.4 Å². The number of rotatable bonds is 3. The molecule has 2 aliphatic heterocycles. The van der Waals surface area contributed by atoms with Gasteiger partial charge in [-0.2, -0.15) is 0 Å². The van der Waals surface area contributed by atoms with Gasteiger partial charge in [-0.25, -0.2) is 9.37 Å². The van der Waals surface area contributed by atoms with E-state index in [-0.39, 0.29) is 24.2 Å². The second-order valence-electron chi connectivity index (χ2n) is 7.25. The fourth-order valence-corrected chi connectivity index (χ4v) is 5.02. The average molecular weight is 405 g/mol. The molecular weight excluding hydrogens is 381 g/mol. The highest BCUT2D eigenvalue weighted by molar-refractivity contribution is 7.09. The van der Waals surface area contributed by atoms with E-state index in [2.05, 4.69) is 15.3 Å². The zero-order valence-electron chi connectivity index (χ0n) is 15.9. The van der Waals surface area contributed by atoms with Gasteiger partial charge >= 0.3 is 0 Å². The number of halogens is 1. The second kappa shape index (κ2) is 8.79. The van der Waals surface area contributed by atoms with Gasteiger partial charge in [0.05, 0.1) is 16.7 Å². The van der Waals surface area contributed by atoms with E-state index in [1.807, 2.05) is 17.9 Å². The molecule has 0 aliphatic carbocycles. The van der Waals surface area contributed by atoms with Gasteiger partial charge in [-0.15, -0.1) is 11.3 Å². The first-order valence-corrected chi connectivity index (χ1v) is 10.0. The molecule has 0 unspecified atom stereocenters. The van der Waals surface area contributed by atoms with Crippen molar-refractivity contribution in [3.8, 4) is 0 Å². The minimum absolute atomic E-state index is 0.0274. The molecule has 8 heteroatoms. The third kappa shape index (κ3) is 4.39. The van der Waals surface area contributed by atoms with Crippen molar-refractivity contribution >= 4 is 23.7 Å². The van der Waals surface area contributed by atoms with Crippen LogP contribution in [0.25, 0.3) is 0 Å². The maximum atomic E-state index is 13.7. The Bertz CT molecular complexity index is 844. The number of aryl methyl sites for hydroxylation is 1. The lowest BCUT2D eigenvalue weighted by molar-refractivity contribution is -0.130. The molecule has 3 heterocycles. The summed E-state index contributed by atoms with van der Waals surface area (Å²) in [6.45, 7) is 6.89. The summed E-state index contributed by atoms with van der Waals surface area (Å²) in [5, 5.41) is 10.1. The van der Waals surface area contributed by atoms with Crippen LogP contribution in [0, 0.1) is 24.6 Å². The standard InChI is InChI=1S/C19H22FN3OS.CH2O2/c1-12-21-17(11-25-12)9-22-7-15-8-23(13(2)24)19(18(15)10-22)14-4-3-5-16(20)6-14;2-1-3/h3-6,11,15,18-19H,7-10H2,1-2H3;1H,(H,2,3)/t15-,18-,19+;/m1./s1. The molecule has 1 aromatic carbocycles. The smallest absolute Gasteiger partial charge is 0.290 e. The molecule has 2 aliphatic rings. The molecule has 2 aromatic rings. The number of carboxylic acid groups (broad SMARTS) is 1. The van der Waals surface area contributed by atoms with Gasteiger partial charge in [-0.05, 0) is 30.5 Å². The van der Waals surface area contributed by atoms with Crippen LogP contribution >= 0.6 is 11.3 Å². The number of nitrogens with zero attached hydrogens (tertiary/aromatic N) is 3. The monoisotopic (exact) mass is 405 g/mol. The predicted octanol–water partition coefficient (Wildman–Crippen LogP) is 2.94. The number of fused-ring (bicyclic) bond motifs is 1. The van der Waals surface area contributed by atoms with Crippen molar-refractivity contribution < 1.29 is 19.1 Å². The quantitative estimate of drug-likeness (QED) is 0.795. The van der Waals surface area contributed by atoms with Gasteiger partial charge in [-0.3, -0.25) is 14.5 Å². The van der Waals surface area contributed by atoms with Crippen molar-refractivity contribution in [2.75, 3.05) is 19.6 Å². The Morgan fingerprint density at radius 1 is 1.39 bits per heavy atom. The summed E-state index contributed by atoms with van der Waals surface area (Å²) in [4.78, 5) is 29.4. The van der Waals surface area contributed by atoms with Crippen molar-refractivity contribution in [3.05, 3.63) is 51.7 Å². The lowest BCUT2D eigenvalue weighted by Crippen LogP contribution is -2.34. The lowest BCUT2D eigenvalue weighted by Gasteiger charge is -2.29. The Labute approximate surface area is 167 Å². The summed E-state index contributed by atoms with van der Waals surface area (Å²) in [7, 11) is 0. The van der Waals surface area contributed by atoms with Crippen LogP contribution in [-0.4, -0.2) is 51.9 Å². The Balaban J connectivity index is 0.000000706. The van der Waals surface area contributed by atoms with Crippen LogP contribution < -0.4 is 0 Å². The maximum absolute atomic E-state index is 13.7. The fourth-order valence-electron chi connectivity index (χ4n) is 4.42. The van der Waals surface area contributed by atoms with Crippen LogP contribution in [0.2, 0.25) is 0 Å². The number of likely N-dealkylation sites (tertiary alicyclic amines) is 2. The molecule has 2 fully saturated rings. The molecule has 0 bridgehead atoms. The number of thiazole rings is 1. The van der Waals surface area contributed by atoms with Crippen LogP contribution in [0.4, 0.5) is 4.39 Å². The van der Waals surface area contributed by atoms with E-state index in [4.69, 9.17) is 9.90 Å². The predicted molar refractivity (Wildman–Crippen MR) is 104 cm³/mol. The van der Waals surface area contributed by atoms with Crippen molar-refractivity contribution in [2.24, 2.45) is 11.8 Å². The topological polar surface area (TPSA) is 73.7 Å². The Kier molecular flexibility index (Phi) is 6.41. The van der Waals surface area contributed by atoms with E-state index >= 15 is 0 Å². The molecule has 1 N–H and O–H groups in total. The van der Waals surface area contributed by atoms with Crippen LogP contribution in [0.15, 0.2) is 29.6 Å². The first-order chi connectivity index (χ1) is 13.4. The Hall–Kier alpha value is -2.32. The van der Waals surface area contributed by atoms with Crippen molar-refractivity contribution in [3.63, 3.8) is 0 Å². The third-order valence-corrected chi connectivity index (χ3v) is 6.21. The van der Waals surface area contributed by atoms with Crippen molar-refractivity contribution in [1.82, 2.24) is 14.8 Å². The summed E-state index contributed by atoms with van der Waals surface area (Å²) in [6.07, 6.45) is 0. The minimum atomic E-state index is -0.250. The number of hydrogen-bond acceptors (Lipinski definition) is 5. The Morgan fingerprint density at radius 3 is 2.75 bits per heavy atom. The fraction of sp³-hybridized carbons (Fsp3) is 0.450. The van der Waals surface area contributed by atoms with Gasteiger partial charge < -0.3 is 10.0 Å². The van der Waals surface area contributed by atoms with Crippen molar-refractivity contribution in [2.45, 2.75) is 26.4 Å². The lowest BCUT2D eigenvalue weighted by atomic mass is 9.89. The first-order valence-electron chi connectivity index (χ1n) is 9.16. The number of benzene rings is 1. The number of hydrogen-bond donors (Lipinski definition) is 1. The second-order valence-corrected chi connectivity index (χ2v) is 8.31. The minimum Gasteiger partial charge on any atom is -0.483 e. The first kappa shape index (κ1) is 20.4. The largest absolute Gasteiger partial charge is 0.483 e.